The van der Waals surface area contributed by atoms with Crippen LogP contribution in [0.3, 0.4) is 0 Å². The lowest BCUT2D eigenvalue weighted by Crippen LogP contribution is -2.39. The highest BCUT2D eigenvalue weighted by molar-refractivity contribution is 9.10. The van der Waals surface area contributed by atoms with Crippen LogP contribution in [0.25, 0.3) is 0 Å². The smallest absolute Gasteiger partial charge is 0.135 e. The molecule has 116 valence electrons. The Bertz CT molecular complexity index is 632. The van der Waals surface area contributed by atoms with Gasteiger partial charge in [0.15, 0.2) is 0 Å². The van der Waals surface area contributed by atoms with Gasteiger partial charge in [-0.3, -0.25) is 0 Å². The number of piperidine rings is 1. The Morgan fingerprint density at radius 1 is 1.27 bits per heavy atom. The lowest BCUT2D eigenvalue weighted by Gasteiger charge is -2.36. The number of nitrogens with one attached hydrogen (secondary N) is 1. The monoisotopic (exact) mass is 360 g/mol. The van der Waals surface area contributed by atoms with E-state index >= 15 is 0 Å². The molecule has 3 rings (SSSR count). The summed E-state index contributed by atoms with van der Waals surface area (Å²) in [5.74, 6) is 1.86. The number of anilines is 3. The third-order valence-corrected chi connectivity index (χ3v) is 4.64. The molecule has 0 radical (unpaired) electrons. The molecule has 1 atom stereocenters. The molecule has 1 N–H and O–H groups in total. The minimum absolute atomic E-state index is 0.599. The van der Waals surface area contributed by atoms with Gasteiger partial charge in [0.2, 0.25) is 0 Å². The topological polar surface area (TPSA) is 41.0 Å². The molecule has 1 saturated heterocycles. The predicted molar refractivity (Wildman–Crippen MR) is 94.7 cm³/mol. The second kappa shape index (κ2) is 7.09. The van der Waals surface area contributed by atoms with E-state index in [2.05, 4.69) is 49.1 Å². The maximum Gasteiger partial charge on any atom is 0.135 e. The van der Waals surface area contributed by atoms with Crippen LogP contribution in [0.15, 0.2) is 41.1 Å². The molecule has 1 unspecified atom stereocenters. The van der Waals surface area contributed by atoms with Crippen LogP contribution in [0, 0.1) is 0 Å². The van der Waals surface area contributed by atoms with Crippen LogP contribution in [0.4, 0.5) is 17.3 Å². The van der Waals surface area contributed by atoms with E-state index < -0.39 is 0 Å². The summed E-state index contributed by atoms with van der Waals surface area (Å²) < 4.78 is 1.05. The van der Waals surface area contributed by atoms with Crippen molar-refractivity contribution in [2.45, 2.75) is 38.6 Å². The maximum absolute atomic E-state index is 4.49. The van der Waals surface area contributed by atoms with Gasteiger partial charge in [-0.15, -0.1) is 0 Å². The van der Waals surface area contributed by atoms with E-state index in [1.807, 2.05) is 24.3 Å². The molecule has 0 aliphatic carbocycles. The minimum atomic E-state index is 0.599. The zero-order valence-electron chi connectivity index (χ0n) is 12.8. The molecular weight excluding hydrogens is 340 g/mol. The number of halogens is 1. The zero-order chi connectivity index (χ0) is 15.4. The molecule has 4 nitrogen and oxygen atoms in total. The molecule has 5 heteroatoms. The Hall–Kier alpha value is -1.62. The van der Waals surface area contributed by atoms with Gasteiger partial charge in [0.25, 0.3) is 0 Å². The largest absolute Gasteiger partial charge is 0.353 e. The quantitative estimate of drug-likeness (QED) is 0.853. The van der Waals surface area contributed by atoms with Crippen molar-refractivity contribution in [3.8, 4) is 0 Å². The van der Waals surface area contributed by atoms with E-state index in [1.54, 1.807) is 6.33 Å². The summed E-state index contributed by atoms with van der Waals surface area (Å²) >= 11 is 3.49. The van der Waals surface area contributed by atoms with E-state index in [0.717, 1.165) is 28.3 Å². The van der Waals surface area contributed by atoms with E-state index in [9.17, 15) is 0 Å². The lowest BCUT2D eigenvalue weighted by atomic mass is 10.0. The molecule has 1 aliphatic heterocycles. The van der Waals surface area contributed by atoms with E-state index in [-0.39, 0.29) is 0 Å². The molecule has 0 bridgehead atoms. The van der Waals surface area contributed by atoms with Crippen LogP contribution in [-0.4, -0.2) is 22.6 Å². The van der Waals surface area contributed by atoms with Crippen molar-refractivity contribution in [3.05, 3.63) is 41.1 Å². The summed E-state index contributed by atoms with van der Waals surface area (Å²) in [6, 6.07) is 10.7. The molecule has 1 fully saturated rings. The fourth-order valence-corrected chi connectivity index (χ4v) is 3.41. The third kappa shape index (κ3) is 3.58. The van der Waals surface area contributed by atoms with Crippen LogP contribution in [0.1, 0.15) is 32.6 Å². The normalized spacial score (nSPS) is 18.3. The van der Waals surface area contributed by atoms with Gasteiger partial charge in [-0.25, -0.2) is 9.97 Å². The SMILES string of the molecule is CCC1CCCCN1c1cc(Nc2cccc(Br)c2)ncn1. The number of nitrogens with zero attached hydrogens (tertiary/aromatic N) is 3. The first-order valence-corrected chi connectivity index (χ1v) is 8.67. The molecule has 22 heavy (non-hydrogen) atoms. The van der Waals surface area contributed by atoms with Crippen molar-refractivity contribution in [1.29, 1.82) is 0 Å². The van der Waals surface area contributed by atoms with Crippen LogP contribution in [0.2, 0.25) is 0 Å². The zero-order valence-corrected chi connectivity index (χ0v) is 14.4. The van der Waals surface area contributed by atoms with Crippen LogP contribution >= 0.6 is 15.9 Å². The average molecular weight is 361 g/mol. The van der Waals surface area contributed by atoms with Crippen molar-refractivity contribution < 1.29 is 0 Å². The third-order valence-electron chi connectivity index (χ3n) is 4.14. The summed E-state index contributed by atoms with van der Waals surface area (Å²) in [5, 5.41) is 3.35. The minimum Gasteiger partial charge on any atom is -0.353 e. The highest BCUT2D eigenvalue weighted by atomic mass is 79.9. The lowest BCUT2D eigenvalue weighted by molar-refractivity contribution is 0.446. The van der Waals surface area contributed by atoms with E-state index in [4.69, 9.17) is 0 Å². The van der Waals surface area contributed by atoms with Crippen LogP contribution in [-0.2, 0) is 0 Å². The number of hydrogen-bond donors (Lipinski definition) is 1. The summed E-state index contributed by atoms with van der Waals surface area (Å²) in [7, 11) is 0. The Balaban J connectivity index is 1.80. The van der Waals surface area contributed by atoms with Gasteiger partial charge in [0.05, 0.1) is 0 Å². The molecule has 2 heterocycles. The van der Waals surface area contributed by atoms with Gasteiger partial charge in [0.1, 0.15) is 18.0 Å². The van der Waals surface area contributed by atoms with Crippen LogP contribution < -0.4 is 10.2 Å². The summed E-state index contributed by atoms with van der Waals surface area (Å²) in [4.78, 5) is 11.3. The Labute approximate surface area is 140 Å². The van der Waals surface area contributed by atoms with Crippen molar-refractivity contribution in [3.63, 3.8) is 0 Å². The highest BCUT2D eigenvalue weighted by Crippen LogP contribution is 2.27. The molecule has 0 amide bonds. The van der Waals surface area contributed by atoms with E-state index in [1.165, 1.54) is 25.7 Å². The van der Waals surface area contributed by atoms with Crippen molar-refractivity contribution in [1.82, 2.24) is 9.97 Å². The molecular formula is C17H21BrN4. The van der Waals surface area contributed by atoms with E-state index in [0.29, 0.717) is 6.04 Å². The van der Waals surface area contributed by atoms with Crippen LogP contribution in [0.5, 0.6) is 0 Å². The second-order valence-electron chi connectivity index (χ2n) is 5.65. The van der Waals surface area contributed by atoms with Gasteiger partial charge < -0.3 is 10.2 Å². The first-order chi connectivity index (χ1) is 10.8. The molecule has 1 aliphatic rings. The van der Waals surface area contributed by atoms with Crippen molar-refractivity contribution >= 4 is 33.3 Å². The average Bonchev–Trinajstić information content (AvgIpc) is 2.55. The van der Waals surface area contributed by atoms with Gasteiger partial charge >= 0.3 is 0 Å². The van der Waals surface area contributed by atoms with Gasteiger partial charge in [-0.05, 0) is 43.9 Å². The van der Waals surface area contributed by atoms with Gasteiger partial charge in [-0.2, -0.15) is 0 Å². The fourth-order valence-electron chi connectivity index (χ4n) is 3.01. The van der Waals surface area contributed by atoms with Crippen molar-refractivity contribution in [2.24, 2.45) is 0 Å². The van der Waals surface area contributed by atoms with Crippen molar-refractivity contribution in [2.75, 3.05) is 16.8 Å². The molecule has 1 aromatic carbocycles. The maximum atomic E-state index is 4.49. The molecule has 0 spiro atoms. The fraction of sp³-hybridized carbons (Fsp3) is 0.412. The highest BCUT2D eigenvalue weighted by Gasteiger charge is 2.22. The second-order valence-corrected chi connectivity index (χ2v) is 6.56. The molecule has 0 saturated carbocycles. The van der Waals surface area contributed by atoms with Gasteiger partial charge in [-0.1, -0.05) is 28.9 Å². The Kier molecular flexibility index (Phi) is 4.93. The first-order valence-electron chi connectivity index (χ1n) is 7.87. The number of rotatable bonds is 4. The van der Waals surface area contributed by atoms with Gasteiger partial charge in [0, 0.05) is 28.8 Å². The molecule has 2 aromatic rings. The summed E-state index contributed by atoms with van der Waals surface area (Å²) in [6.45, 7) is 3.34. The summed E-state index contributed by atoms with van der Waals surface area (Å²) in [5.41, 5.74) is 1.02. The predicted octanol–water partition coefficient (Wildman–Crippen LogP) is 4.75. The molecule has 1 aromatic heterocycles. The Morgan fingerprint density at radius 2 is 2.18 bits per heavy atom. The summed E-state index contributed by atoms with van der Waals surface area (Å²) in [6.07, 6.45) is 6.64. The number of hydrogen-bond acceptors (Lipinski definition) is 4. The number of benzene rings is 1. The number of aromatic nitrogens is 2. The standard InChI is InChI=1S/C17H21BrN4/c1-2-15-8-3-4-9-22(15)17-11-16(19-12-20-17)21-14-7-5-6-13(18)10-14/h5-7,10-12,15H,2-4,8-9H2,1H3,(H,19,20,21). The Morgan fingerprint density at radius 3 is 3.00 bits per heavy atom. The first kappa shape index (κ1) is 15.3.